The van der Waals surface area contributed by atoms with E-state index in [9.17, 15) is 4.79 Å². The molecule has 0 aliphatic carbocycles. The molecule has 6 aromatic rings. The van der Waals surface area contributed by atoms with Crippen LogP contribution in [0.25, 0.3) is 22.4 Å². The Labute approximate surface area is 330 Å². The van der Waals surface area contributed by atoms with Gasteiger partial charge in [-0.15, -0.1) is 5.10 Å². The molecule has 0 amide bonds. The average molecular weight is 778 g/mol. The number of imidazole rings is 2. The van der Waals surface area contributed by atoms with Gasteiger partial charge in [0, 0.05) is 53.6 Å². The molecule has 0 radical (unpaired) electrons. The number of rotatable bonds is 6. The molecule has 1 fully saturated rings. The van der Waals surface area contributed by atoms with Crippen molar-refractivity contribution in [1.82, 2.24) is 34.5 Å². The van der Waals surface area contributed by atoms with Gasteiger partial charge in [-0.1, -0.05) is 56.2 Å². The lowest BCUT2D eigenvalue weighted by molar-refractivity contribution is -0.143. The van der Waals surface area contributed by atoms with Crippen LogP contribution in [0.4, 0.5) is 8.78 Å². The molecule has 2 atom stereocenters. The van der Waals surface area contributed by atoms with E-state index >= 15 is 8.78 Å². The smallest absolute Gasteiger partial charge is 0.306 e. The fourth-order valence-electron chi connectivity index (χ4n) is 8.22. The van der Waals surface area contributed by atoms with Gasteiger partial charge in [-0.25, -0.2) is 23.4 Å². The van der Waals surface area contributed by atoms with Gasteiger partial charge in [0.05, 0.1) is 41.8 Å². The third kappa shape index (κ3) is 7.81. The molecule has 6 bridgehead atoms. The molecule has 3 aromatic heterocycles. The molecule has 2 aliphatic rings. The normalized spacial score (nSPS) is 19.9. The number of aromatic nitrogens is 7. The summed E-state index contributed by atoms with van der Waals surface area (Å²) in [6.45, 7) is 9.43. The van der Waals surface area contributed by atoms with Crippen molar-refractivity contribution in [2.75, 3.05) is 13.2 Å². The predicted molar refractivity (Wildman–Crippen MR) is 211 cm³/mol. The molecule has 11 nitrogen and oxygen atoms in total. The van der Waals surface area contributed by atoms with E-state index < -0.39 is 17.0 Å². The Bertz CT molecular complexity index is 2390. The number of aromatic amines is 1. The van der Waals surface area contributed by atoms with Crippen molar-refractivity contribution < 1.29 is 27.8 Å². The van der Waals surface area contributed by atoms with Crippen LogP contribution in [-0.2, 0) is 38.1 Å². The second-order valence-electron chi connectivity index (χ2n) is 16.1. The Morgan fingerprint density at radius 2 is 1.88 bits per heavy atom. The highest BCUT2D eigenvalue weighted by atomic mass is 19.1. The molecular weight excluding hydrogens is 729 g/mol. The third-order valence-electron chi connectivity index (χ3n) is 11.7. The van der Waals surface area contributed by atoms with Gasteiger partial charge >= 0.3 is 5.97 Å². The van der Waals surface area contributed by atoms with E-state index in [0.29, 0.717) is 42.1 Å². The number of hydrogen-bond donors (Lipinski definition) is 1. The zero-order chi connectivity index (χ0) is 39.7. The summed E-state index contributed by atoms with van der Waals surface area (Å²) in [6.07, 6.45) is 12.2. The Balaban J connectivity index is 1.21. The molecule has 0 saturated carbocycles. The monoisotopic (exact) mass is 777 g/mol. The summed E-state index contributed by atoms with van der Waals surface area (Å²) in [6, 6.07) is 14.0. The highest BCUT2D eigenvalue weighted by molar-refractivity contribution is 5.82. The minimum atomic E-state index is -0.590. The maximum absolute atomic E-state index is 16.5. The van der Waals surface area contributed by atoms with E-state index in [-0.39, 0.29) is 47.6 Å². The lowest BCUT2D eigenvalue weighted by Crippen LogP contribution is -2.25. The molecule has 13 heteroatoms. The number of aryl methyl sites for hydroxylation is 1. The zero-order valence-corrected chi connectivity index (χ0v) is 33.0. The number of halogens is 2. The van der Waals surface area contributed by atoms with E-state index in [1.807, 2.05) is 22.9 Å². The number of carbonyl (C=O) groups is 1. The van der Waals surface area contributed by atoms with Crippen molar-refractivity contribution in [2.24, 2.45) is 0 Å². The molecule has 8 rings (SSSR count). The summed E-state index contributed by atoms with van der Waals surface area (Å²) < 4.78 is 53.4. The maximum Gasteiger partial charge on any atom is 0.306 e. The van der Waals surface area contributed by atoms with Crippen LogP contribution in [0.1, 0.15) is 113 Å². The van der Waals surface area contributed by atoms with Gasteiger partial charge in [0.25, 0.3) is 0 Å². The third-order valence-corrected chi connectivity index (χ3v) is 11.7. The van der Waals surface area contributed by atoms with Crippen LogP contribution in [0, 0.1) is 11.6 Å². The molecule has 3 aromatic carbocycles. The number of H-pyrrole nitrogens is 1. The molecule has 1 saturated heterocycles. The quantitative estimate of drug-likeness (QED) is 0.166. The number of esters is 1. The first kappa shape index (κ1) is 38.4. The van der Waals surface area contributed by atoms with Crippen LogP contribution in [0.2, 0.25) is 0 Å². The minimum Gasteiger partial charge on any atom is -0.466 e. The molecule has 57 heavy (non-hydrogen) atoms. The fourth-order valence-corrected chi connectivity index (χ4v) is 8.22. The van der Waals surface area contributed by atoms with Crippen LogP contribution in [0.3, 0.4) is 0 Å². The van der Waals surface area contributed by atoms with E-state index in [2.05, 4.69) is 48.2 Å². The van der Waals surface area contributed by atoms with Gasteiger partial charge in [0.1, 0.15) is 23.6 Å². The van der Waals surface area contributed by atoms with E-state index in [4.69, 9.17) is 24.2 Å². The first-order chi connectivity index (χ1) is 27.5. The molecule has 298 valence electrons. The van der Waals surface area contributed by atoms with Crippen LogP contribution in [0.5, 0.6) is 11.5 Å². The van der Waals surface area contributed by atoms with Crippen LogP contribution >= 0.6 is 0 Å². The van der Waals surface area contributed by atoms with Gasteiger partial charge in [0.2, 0.25) is 0 Å². The summed E-state index contributed by atoms with van der Waals surface area (Å²) >= 11 is 0. The van der Waals surface area contributed by atoms with Crippen molar-refractivity contribution in [1.29, 1.82) is 0 Å². The molecule has 2 unspecified atom stereocenters. The number of fused-ring (bicyclic) bond motifs is 10. The largest absolute Gasteiger partial charge is 0.466 e. The fraction of sp³-hybridized carbons (Fsp3) is 0.432. The second kappa shape index (κ2) is 15.8. The molecule has 0 spiro atoms. The number of ether oxygens (including phenoxy) is 3. The summed E-state index contributed by atoms with van der Waals surface area (Å²) in [5, 5.41) is 9.11. The van der Waals surface area contributed by atoms with Gasteiger partial charge in [-0.05, 0) is 81.7 Å². The average Bonchev–Trinajstić information content (AvgIpc) is 3.99. The molecular formula is C44H49F2N7O4. The van der Waals surface area contributed by atoms with Crippen molar-refractivity contribution >= 4 is 17.0 Å². The molecule has 2 aliphatic heterocycles. The zero-order valence-electron chi connectivity index (χ0n) is 33.0. The van der Waals surface area contributed by atoms with Crippen molar-refractivity contribution in [3.05, 3.63) is 107 Å². The number of hydrogen-bond acceptors (Lipinski definition) is 8. The number of nitrogens with one attached hydrogen (secondary N) is 1. The van der Waals surface area contributed by atoms with E-state index in [1.165, 1.54) is 24.3 Å². The SMILES string of the molecule is CCOC(=O)CCc1cccc(C2(C)CCCCC(C)(C)c3cn(nn3)Cc3c(c(F)cc4c3ncn4C3CCCCO3)Oc3ccc(F)c(c3)-c3ncc2[nH]3)c1. The summed E-state index contributed by atoms with van der Waals surface area (Å²) in [4.78, 5) is 25.1. The minimum absolute atomic E-state index is 0.0281. The van der Waals surface area contributed by atoms with E-state index in [0.717, 1.165) is 67.5 Å². The molecule has 5 heterocycles. The predicted octanol–water partition coefficient (Wildman–Crippen LogP) is 9.49. The summed E-state index contributed by atoms with van der Waals surface area (Å²) in [5.74, 6) is -0.789. The Morgan fingerprint density at radius 1 is 1.02 bits per heavy atom. The van der Waals surface area contributed by atoms with Gasteiger partial charge in [-0.3, -0.25) is 4.79 Å². The highest BCUT2D eigenvalue weighted by Gasteiger charge is 2.33. The van der Waals surface area contributed by atoms with Crippen molar-refractivity contribution in [2.45, 2.75) is 109 Å². The van der Waals surface area contributed by atoms with Gasteiger partial charge in [-0.2, -0.15) is 0 Å². The summed E-state index contributed by atoms with van der Waals surface area (Å²) in [7, 11) is 0. The summed E-state index contributed by atoms with van der Waals surface area (Å²) in [5.41, 5.74) is 4.71. The van der Waals surface area contributed by atoms with Crippen LogP contribution in [0.15, 0.2) is 67.3 Å². The van der Waals surface area contributed by atoms with E-state index in [1.54, 1.807) is 24.1 Å². The Kier molecular flexibility index (Phi) is 10.7. The highest BCUT2D eigenvalue weighted by Crippen LogP contribution is 2.41. The number of carbonyl (C=O) groups excluding carboxylic acids is 1. The lowest BCUT2D eigenvalue weighted by Gasteiger charge is -2.30. The maximum atomic E-state index is 16.5. The Morgan fingerprint density at radius 3 is 2.70 bits per heavy atom. The number of nitrogens with zero attached hydrogens (tertiary/aromatic N) is 6. The second-order valence-corrected chi connectivity index (χ2v) is 16.1. The van der Waals surface area contributed by atoms with Crippen molar-refractivity contribution in [3.63, 3.8) is 0 Å². The molecule has 1 N–H and O–H groups in total. The lowest BCUT2D eigenvalue weighted by atomic mass is 9.74. The van der Waals surface area contributed by atoms with Gasteiger partial charge < -0.3 is 23.8 Å². The van der Waals surface area contributed by atoms with Crippen LogP contribution < -0.4 is 4.74 Å². The van der Waals surface area contributed by atoms with Crippen LogP contribution in [-0.4, -0.2) is 53.7 Å². The van der Waals surface area contributed by atoms with Gasteiger partial charge in [0.15, 0.2) is 11.6 Å². The Hall–Kier alpha value is -5.43. The topological polar surface area (TPSA) is 122 Å². The first-order valence-electron chi connectivity index (χ1n) is 20.0. The van der Waals surface area contributed by atoms with Crippen molar-refractivity contribution in [3.8, 4) is 22.9 Å². The standard InChI is InChI=1S/C44H49F2N7O4/c1-5-55-39(54)17-14-28-11-10-12-29(21-28)44(4)19-8-7-18-43(2,3)37-26-52(51-50-37)25-32-40-35(53(27-48-40)38-13-6-9-20-56-38)23-34(46)41(32)57-30-15-16-33(45)31(22-30)42-47-24-36(44)49-42/h10-12,15-16,21-24,26-27,38H,5-9,13-14,17-20,25H2,1-4H3,(H,47,49). The number of benzene rings is 3. The first-order valence-corrected chi connectivity index (χ1v) is 20.0.